The van der Waals surface area contributed by atoms with E-state index >= 15 is 0 Å². The number of nitrogens with zero attached hydrogens (tertiary/aromatic N) is 2. The Kier molecular flexibility index (Phi) is 4.24. The highest BCUT2D eigenvalue weighted by Gasteiger charge is 2.04. The summed E-state index contributed by atoms with van der Waals surface area (Å²) in [4.78, 5) is 8.62. The number of nitrogen functional groups attached to an aromatic ring is 1. The lowest BCUT2D eigenvalue weighted by Crippen LogP contribution is -2.10. The average molecular weight is 275 g/mol. The molecule has 0 spiro atoms. The largest absolute Gasteiger partial charge is 0.340 e. The second kappa shape index (κ2) is 5.90. The van der Waals surface area contributed by atoms with Gasteiger partial charge in [-0.3, -0.25) is 0 Å². The van der Waals surface area contributed by atoms with Crippen molar-refractivity contribution < 1.29 is 0 Å². The lowest BCUT2D eigenvalue weighted by molar-refractivity contribution is 0.971. The summed E-state index contributed by atoms with van der Waals surface area (Å²) < 4.78 is 0. The summed E-state index contributed by atoms with van der Waals surface area (Å²) >= 11 is 1.47. The van der Waals surface area contributed by atoms with E-state index in [1.807, 2.05) is 6.26 Å². The van der Waals surface area contributed by atoms with Crippen LogP contribution in [-0.4, -0.2) is 16.2 Å². The molecule has 1 heterocycles. The molecule has 0 saturated carbocycles. The molecule has 5 nitrogen and oxygen atoms in total. The minimum Gasteiger partial charge on any atom is -0.340 e. The van der Waals surface area contributed by atoms with E-state index in [4.69, 9.17) is 5.84 Å². The Labute approximate surface area is 117 Å². The Balaban J connectivity index is 2.31. The fourth-order valence-corrected chi connectivity index (χ4v) is 2.23. The smallest absolute Gasteiger partial charge is 0.191 e. The minimum absolute atomic E-state index is 0.589. The van der Waals surface area contributed by atoms with E-state index < -0.39 is 0 Å². The summed E-state index contributed by atoms with van der Waals surface area (Å²) in [5, 5.41) is 3.94. The van der Waals surface area contributed by atoms with Gasteiger partial charge < -0.3 is 10.7 Å². The van der Waals surface area contributed by atoms with Gasteiger partial charge in [0.05, 0.1) is 0 Å². The fraction of sp³-hybridized carbons (Fsp3) is 0.231. The van der Waals surface area contributed by atoms with Gasteiger partial charge in [0, 0.05) is 11.8 Å². The predicted molar refractivity (Wildman–Crippen MR) is 80.8 cm³/mol. The van der Waals surface area contributed by atoms with E-state index in [0.717, 1.165) is 11.5 Å². The highest BCUT2D eigenvalue weighted by atomic mass is 32.2. The van der Waals surface area contributed by atoms with Crippen LogP contribution in [0.5, 0.6) is 0 Å². The van der Waals surface area contributed by atoms with Gasteiger partial charge in [-0.2, -0.15) is 0 Å². The topological polar surface area (TPSA) is 75.9 Å². The molecule has 0 aliphatic heterocycles. The first-order valence-electron chi connectivity index (χ1n) is 5.85. The van der Waals surface area contributed by atoms with Crippen molar-refractivity contribution in [3.8, 4) is 0 Å². The van der Waals surface area contributed by atoms with Gasteiger partial charge in [-0.15, -0.1) is 0 Å². The van der Waals surface area contributed by atoms with E-state index in [9.17, 15) is 0 Å². The number of rotatable bonds is 4. The quantitative estimate of drug-likeness (QED) is 0.345. The molecule has 0 aliphatic carbocycles. The molecule has 4 N–H and O–H groups in total. The summed E-state index contributed by atoms with van der Waals surface area (Å²) in [5.74, 6) is 6.72. The molecule has 1 aromatic carbocycles. The van der Waals surface area contributed by atoms with Gasteiger partial charge in [-0.05, 0) is 43.4 Å². The van der Waals surface area contributed by atoms with Crippen molar-refractivity contribution in [1.82, 2.24) is 9.97 Å². The maximum absolute atomic E-state index is 5.41. The van der Waals surface area contributed by atoms with Gasteiger partial charge in [-0.1, -0.05) is 17.8 Å². The third-order valence-corrected chi connectivity index (χ3v) is 3.08. The molecule has 0 amide bonds. The number of thioether (sulfide) groups is 1. The molecule has 2 rings (SSSR count). The van der Waals surface area contributed by atoms with E-state index in [-0.39, 0.29) is 0 Å². The second-order valence-electron chi connectivity index (χ2n) is 4.27. The normalized spacial score (nSPS) is 10.3. The number of anilines is 3. The Hall–Kier alpha value is -1.79. The van der Waals surface area contributed by atoms with Gasteiger partial charge >= 0.3 is 0 Å². The third kappa shape index (κ3) is 3.59. The third-order valence-electron chi connectivity index (χ3n) is 2.53. The Morgan fingerprint density at radius 2 is 1.63 bits per heavy atom. The van der Waals surface area contributed by atoms with E-state index in [1.165, 1.54) is 22.9 Å². The van der Waals surface area contributed by atoms with Crippen LogP contribution in [0.1, 0.15) is 11.1 Å². The summed E-state index contributed by atoms with van der Waals surface area (Å²) in [7, 11) is 0. The molecule has 19 heavy (non-hydrogen) atoms. The summed E-state index contributed by atoms with van der Waals surface area (Å²) in [6.45, 7) is 4.14. The lowest BCUT2D eigenvalue weighted by Gasteiger charge is -2.10. The molecule has 0 bridgehead atoms. The maximum atomic E-state index is 5.41. The first-order chi connectivity index (χ1) is 9.10. The molecule has 0 aliphatic rings. The number of aromatic nitrogens is 2. The molecule has 6 heteroatoms. The zero-order valence-electron chi connectivity index (χ0n) is 11.2. The summed E-state index contributed by atoms with van der Waals surface area (Å²) in [6.07, 6.45) is 1.93. The van der Waals surface area contributed by atoms with Crippen molar-refractivity contribution in [3.63, 3.8) is 0 Å². The maximum Gasteiger partial charge on any atom is 0.191 e. The zero-order chi connectivity index (χ0) is 13.8. The average Bonchev–Trinajstić information content (AvgIpc) is 2.37. The number of benzene rings is 1. The van der Waals surface area contributed by atoms with Crippen LogP contribution in [0.2, 0.25) is 0 Å². The molecule has 0 fully saturated rings. The van der Waals surface area contributed by atoms with Crippen molar-refractivity contribution in [1.29, 1.82) is 0 Å². The molecule has 0 unspecified atom stereocenters. The van der Waals surface area contributed by atoms with Crippen LogP contribution in [0.3, 0.4) is 0 Å². The number of nitrogens with two attached hydrogens (primary N) is 1. The molecule has 0 radical (unpaired) electrons. The standard InChI is InChI=1S/C13H17N5S/c1-8-4-9(2)6-10(5-8)15-11-7-12(18-14)17-13(16-11)19-3/h4-7H,14H2,1-3H3,(H2,15,16,17,18). The Morgan fingerprint density at radius 3 is 2.21 bits per heavy atom. The zero-order valence-corrected chi connectivity index (χ0v) is 12.0. The Bertz CT molecular complexity index is 543. The highest BCUT2D eigenvalue weighted by Crippen LogP contribution is 2.22. The fourth-order valence-electron chi connectivity index (χ4n) is 1.85. The molecule has 0 atom stereocenters. The molecular weight excluding hydrogens is 258 g/mol. The van der Waals surface area contributed by atoms with Gasteiger partial charge in [0.25, 0.3) is 0 Å². The van der Waals surface area contributed by atoms with Crippen LogP contribution in [-0.2, 0) is 0 Å². The van der Waals surface area contributed by atoms with Crippen LogP contribution >= 0.6 is 11.8 Å². The van der Waals surface area contributed by atoms with Crippen LogP contribution < -0.4 is 16.6 Å². The van der Waals surface area contributed by atoms with E-state index in [2.05, 4.69) is 52.8 Å². The first kappa shape index (κ1) is 13.6. The molecule has 100 valence electrons. The van der Waals surface area contributed by atoms with Crippen molar-refractivity contribution in [2.24, 2.45) is 5.84 Å². The number of hydrogen-bond donors (Lipinski definition) is 3. The number of nitrogens with one attached hydrogen (secondary N) is 2. The number of hydrazine groups is 1. The number of hydrogen-bond acceptors (Lipinski definition) is 6. The van der Waals surface area contributed by atoms with Crippen LogP contribution in [0.4, 0.5) is 17.3 Å². The van der Waals surface area contributed by atoms with Crippen LogP contribution in [0.15, 0.2) is 29.4 Å². The SMILES string of the molecule is CSc1nc(NN)cc(Nc2cc(C)cc(C)c2)n1. The van der Waals surface area contributed by atoms with Crippen molar-refractivity contribution >= 4 is 29.1 Å². The van der Waals surface area contributed by atoms with E-state index in [1.54, 1.807) is 6.07 Å². The molecule has 0 saturated heterocycles. The monoisotopic (exact) mass is 275 g/mol. The summed E-state index contributed by atoms with van der Waals surface area (Å²) in [6, 6.07) is 8.05. The molecule has 2 aromatic rings. The summed E-state index contributed by atoms with van der Waals surface area (Å²) in [5.41, 5.74) is 5.97. The van der Waals surface area contributed by atoms with Gasteiger partial charge in [0.15, 0.2) is 5.16 Å². The van der Waals surface area contributed by atoms with Crippen molar-refractivity contribution in [3.05, 3.63) is 35.4 Å². The van der Waals surface area contributed by atoms with Gasteiger partial charge in [0.1, 0.15) is 11.6 Å². The molecule has 1 aromatic heterocycles. The van der Waals surface area contributed by atoms with Gasteiger partial charge in [-0.25, -0.2) is 15.8 Å². The van der Waals surface area contributed by atoms with Crippen LogP contribution in [0, 0.1) is 13.8 Å². The lowest BCUT2D eigenvalue weighted by atomic mass is 10.1. The molecular formula is C13H17N5S. The van der Waals surface area contributed by atoms with E-state index in [0.29, 0.717) is 11.0 Å². The first-order valence-corrected chi connectivity index (χ1v) is 7.08. The second-order valence-corrected chi connectivity index (χ2v) is 5.04. The van der Waals surface area contributed by atoms with Gasteiger partial charge in [0.2, 0.25) is 0 Å². The van der Waals surface area contributed by atoms with Crippen molar-refractivity contribution in [2.45, 2.75) is 19.0 Å². The Morgan fingerprint density at radius 1 is 1.00 bits per heavy atom. The highest BCUT2D eigenvalue weighted by molar-refractivity contribution is 7.98. The van der Waals surface area contributed by atoms with Crippen LogP contribution in [0.25, 0.3) is 0 Å². The number of aryl methyl sites for hydroxylation is 2. The minimum atomic E-state index is 0.589. The predicted octanol–water partition coefficient (Wildman–Crippen LogP) is 2.84. The van der Waals surface area contributed by atoms with Crippen molar-refractivity contribution in [2.75, 3.05) is 17.0 Å².